The molecule has 0 radical (unpaired) electrons. The molecular weight excluding hydrogens is 390 g/mol. The third-order valence-corrected chi connectivity index (χ3v) is 8.64. The maximum absolute atomic E-state index is 12.9. The van der Waals surface area contributed by atoms with Crippen molar-refractivity contribution in [3.8, 4) is 0 Å². The molecule has 0 amide bonds. The maximum Gasteiger partial charge on any atom is 0.312 e. The lowest BCUT2D eigenvalue weighted by atomic mass is 9.49. The topological polar surface area (TPSA) is 80.8 Å². The van der Waals surface area contributed by atoms with Crippen molar-refractivity contribution in [2.45, 2.75) is 44.9 Å². The number of esters is 1. The van der Waals surface area contributed by atoms with E-state index in [2.05, 4.69) is 0 Å². The molecule has 0 unspecified atom stereocenters. The zero-order chi connectivity index (χ0) is 20.4. The molecule has 4 saturated carbocycles. The Kier molecular flexibility index (Phi) is 4.32. The number of ketones is 1. The number of anilines is 1. The number of benzene rings is 1. The summed E-state index contributed by atoms with van der Waals surface area (Å²) in [5.74, 6) is 1.54. The van der Waals surface area contributed by atoms with Crippen LogP contribution in [0.3, 0.4) is 0 Å². The minimum atomic E-state index is -3.31. The number of ether oxygens (including phenoxy) is 1. The van der Waals surface area contributed by atoms with Crippen molar-refractivity contribution in [1.29, 1.82) is 0 Å². The van der Waals surface area contributed by atoms with Crippen LogP contribution in [0.2, 0.25) is 0 Å². The summed E-state index contributed by atoms with van der Waals surface area (Å²) in [7, 11) is -3.31. The Morgan fingerprint density at radius 1 is 1.10 bits per heavy atom. The summed E-state index contributed by atoms with van der Waals surface area (Å²) in [4.78, 5) is 25.6. The molecule has 6 nitrogen and oxygen atoms in total. The Hall–Kier alpha value is -1.89. The lowest BCUT2D eigenvalue weighted by Crippen LogP contribution is -2.50. The van der Waals surface area contributed by atoms with E-state index in [-0.39, 0.29) is 23.8 Å². The molecular formula is C22H27NO5S. The van der Waals surface area contributed by atoms with Crippen LogP contribution in [0.15, 0.2) is 18.2 Å². The summed E-state index contributed by atoms with van der Waals surface area (Å²) in [5.41, 5.74) is 1.59. The van der Waals surface area contributed by atoms with Crippen LogP contribution in [0.5, 0.6) is 0 Å². The second kappa shape index (κ2) is 6.56. The molecule has 7 heteroatoms. The predicted molar refractivity (Wildman–Crippen MR) is 108 cm³/mol. The smallest absolute Gasteiger partial charge is 0.312 e. The number of sulfonamides is 1. The first-order valence-corrected chi connectivity index (χ1v) is 12.4. The molecule has 0 saturated heterocycles. The van der Waals surface area contributed by atoms with Crippen molar-refractivity contribution < 1.29 is 22.7 Å². The molecule has 156 valence electrons. The normalized spacial score (nSPS) is 32.3. The van der Waals surface area contributed by atoms with Crippen molar-refractivity contribution >= 4 is 27.5 Å². The van der Waals surface area contributed by atoms with Gasteiger partial charge in [-0.3, -0.25) is 13.9 Å². The van der Waals surface area contributed by atoms with Gasteiger partial charge in [0.25, 0.3) is 0 Å². The van der Waals surface area contributed by atoms with Gasteiger partial charge in [-0.05, 0) is 86.5 Å². The second-order valence-electron chi connectivity index (χ2n) is 9.63. The highest BCUT2D eigenvalue weighted by Crippen LogP contribution is 2.60. The molecule has 29 heavy (non-hydrogen) atoms. The second-order valence-corrected chi connectivity index (χ2v) is 11.5. The lowest BCUT2D eigenvalue weighted by molar-refractivity contribution is -0.170. The SMILES string of the molecule is CS(=O)(=O)N1CCc2cc(C(=O)COC(=O)C34CC5CC(CC(C5)C3)C4)ccc21. The van der Waals surface area contributed by atoms with Crippen LogP contribution in [-0.4, -0.2) is 39.6 Å². The average molecular weight is 418 g/mol. The maximum atomic E-state index is 12.9. The number of nitrogens with zero attached hydrogens (tertiary/aromatic N) is 1. The van der Waals surface area contributed by atoms with Crippen molar-refractivity contribution in [2.75, 3.05) is 23.7 Å². The fourth-order valence-corrected chi connectivity index (χ4v) is 7.58. The fourth-order valence-electron chi connectivity index (χ4n) is 6.62. The van der Waals surface area contributed by atoms with Crippen LogP contribution in [0, 0.1) is 23.2 Å². The van der Waals surface area contributed by atoms with Gasteiger partial charge in [-0.2, -0.15) is 0 Å². The van der Waals surface area contributed by atoms with Gasteiger partial charge in [-0.15, -0.1) is 0 Å². The summed E-state index contributed by atoms with van der Waals surface area (Å²) in [6, 6.07) is 5.04. The van der Waals surface area contributed by atoms with Crippen molar-refractivity contribution in [3.63, 3.8) is 0 Å². The molecule has 4 aliphatic carbocycles. The van der Waals surface area contributed by atoms with Crippen molar-refractivity contribution in [1.82, 2.24) is 0 Å². The van der Waals surface area contributed by atoms with Gasteiger partial charge < -0.3 is 4.74 Å². The number of carbonyl (C=O) groups excluding carboxylic acids is 2. The van der Waals surface area contributed by atoms with E-state index in [9.17, 15) is 18.0 Å². The average Bonchev–Trinajstić information content (AvgIpc) is 3.08. The van der Waals surface area contributed by atoms with Crippen LogP contribution in [0.1, 0.15) is 54.4 Å². The Bertz CT molecular complexity index is 948. The standard InChI is InChI=1S/C22H27NO5S/c1-29(26,27)23-5-4-17-9-18(2-3-19(17)23)20(24)13-28-21(25)22-10-14-6-15(11-22)8-16(7-14)12-22/h2-3,9,14-16H,4-8,10-13H2,1H3. The van der Waals surface area contributed by atoms with Crippen LogP contribution in [0.4, 0.5) is 5.69 Å². The molecule has 0 N–H and O–H groups in total. The minimum absolute atomic E-state index is 0.186. The Labute approximate surface area is 171 Å². The molecule has 1 heterocycles. The van der Waals surface area contributed by atoms with E-state index in [1.807, 2.05) is 0 Å². The highest BCUT2D eigenvalue weighted by atomic mass is 32.2. The Balaban J connectivity index is 1.26. The van der Waals surface area contributed by atoms with Gasteiger partial charge in [-0.25, -0.2) is 8.42 Å². The number of hydrogen-bond donors (Lipinski definition) is 0. The fraction of sp³-hybridized carbons (Fsp3) is 0.636. The first kappa shape index (κ1) is 19.1. The highest BCUT2D eigenvalue weighted by Gasteiger charge is 2.55. The molecule has 0 spiro atoms. The number of hydrogen-bond acceptors (Lipinski definition) is 5. The molecule has 0 aromatic heterocycles. The van der Waals surface area contributed by atoms with E-state index in [0.717, 1.165) is 24.8 Å². The van der Waals surface area contributed by atoms with E-state index >= 15 is 0 Å². The van der Waals surface area contributed by atoms with E-state index in [0.29, 0.717) is 42.0 Å². The van der Waals surface area contributed by atoms with Crippen LogP contribution in [-0.2, 0) is 26.0 Å². The molecule has 1 aliphatic heterocycles. The van der Waals surface area contributed by atoms with E-state index in [1.165, 1.54) is 29.8 Å². The summed E-state index contributed by atoms with van der Waals surface area (Å²) >= 11 is 0. The minimum Gasteiger partial charge on any atom is -0.457 e. The van der Waals surface area contributed by atoms with Crippen molar-refractivity contribution in [3.05, 3.63) is 29.3 Å². The van der Waals surface area contributed by atoms with Crippen molar-refractivity contribution in [2.24, 2.45) is 23.2 Å². The molecule has 4 bridgehead atoms. The predicted octanol–water partition coefficient (Wildman–Crippen LogP) is 2.95. The Morgan fingerprint density at radius 2 is 1.72 bits per heavy atom. The van der Waals surface area contributed by atoms with Gasteiger partial charge in [0.05, 0.1) is 17.4 Å². The molecule has 5 aliphatic rings. The van der Waals surface area contributed by atoms with Gasteiger partial charge in [0, 0.05) is 12.1 Å². The van der Waals surface area contributed by atoms with Gasteiger partial charge in [0.2, 0.25) is 10.0 Å². The highest BCUT2D eigenvalue weighted by molar-refractivity contribution is 7.92. The van der Waals surface area contributed by atoms with Crippen LogP contribution >= 0.6 is 0 Å². The van der Waals surface area contributed by atoms with Gasteiger partial charge in [0.15, 0.2) is 12.4 Å². The summed E-state index contributed by atoms with van der Waals surface area (Å²) in [6.45, 7) is 0.155. The first-order chi connectivity index (χ1) is 13.7. The zero-order valence-electron chi connectivity index (χ0n) is 16.7. The van der Waals surface area contributed by atoms with Crippen LogP contribution in [0.25, 0.3) is 0 Å². The first-order valence-electron chi connectivity index (χ1n) is 10.5. The largest absolute Gasteiger partial charge is 0.457 e. The third kappa shape index (κ3) is 3.27. The Morgan fingerprint density at radius 3 is 2.31 bits per heavy atom. The number of Topliss-reactive ketones (excluding diaryl/α,β-unsaturated/α-hetero) is 1. The summed E-state index contributed by atoms with van der Waals surface area (Å²) in [5, 5.41) is 0. The van der Waals surface area contributed by atoms with Gasteiger partial charge in [-0.1, -0.05) is 0 Å². The molecule has 1 aromatic rings. The number of rotatable bonds is 5. The molecule has 4 fully saturated rings. The number of fused-ring (bicyclic) bond motifs is 1. The van der Waals surface area contributed by atoms with E-state index in [4.69, 9.17) is 4.74 Å². The quantitative estimate of drug-likeness (QED) is 0.544. The molecule has 0 atom stereocenters. The summed E-state index contributed by atoms with van der Waals surface area (Å²) in [6.07, 6.45) is 8.30. The number of carbonyl (C=O) groups is 2. The summed E-state index contributed by atoms with van der Waals surface area (Å²) < 4.78 is 30.6. The van der Waals surface area contributed by atoms with Crippen LogP contribution < -0.4 is 4.31 Å². The van der Waals surface area contributed by atoms with Gasteiger partial charge >= 0.3 is 5.97 Å². The van der Waals surface area contributed by atoms with Gasteiger partial charge in [0.1, 0.15) is 0 Å². The molecule has 1 aromatic carbocycles. The van der Waals surface area contributed by atoms with E-state index in [1.54, 1.807) is 18.2 Å². The monoisotopic (exact) mass is 417 g/mol. The lowest BCUT2D eigenvalue weighted by Gasteiger charge is -2.55. The molecule has 6 rings (SSSR count). The zero-order valence-corrected chi connectivity index (χ0v) is 17.5. The van der Waals surface area contributed by atoms with E-state index < -0.39 is 10.0 Å². The third-order valence-electron chi connectivity index (χ3n) is 7.46.